The number of aliphatic hydroxyl groups is 2. The molecule has 1 amide bonds. The minimum atomic E-state index is 0.134. The van der Waals surface area contributed by atoms with E-state index in [1.54, 1.807) is 0 Å². The molecule has 3 N–H and O–H groups in total. The van der Waals surface area contributed by atoms with Crippen LogP contribution in [0.4, 0.5) is 0 Å². The number of allylic oxidation sites excluding steroid dienone is 3. The molecule has 0 unspecified atom stereocenters. The molecule has 1 aliphatic heterocycles. The third-order valence-corrected chi connectivity index (χ3v) is 5.73. The van der Waals surface area contributed by atoms with Crippen LogP contribution in [0.3, 0.4) is 0 Å². The summed E-state index contributed by atoms with van der Waals surface area (Å²) in [5.74, 6) is 0.372. The topological polar surface area (TPSA) is 69.6 Å². The molecule has 1 saturated heterocycles. The predicted molar refractivity (Wildman–Crippen MR) is 129 cm³/mol. The predicted octanol–water partition coefficient (Wildman–Crippen LogP) is 4.45. The van der Waals surface area contributed by atoms with E-state index in [2.05, 4.69) is 37.4 Å². The Morgan fingerprint density at radius 2 is 1.70 bits per heavy atom. The van der Waals surface area contributed by atoms with Gasteiger partial charge in [-0.05, 0) is 44.9 Å². The van der Waals surface area contributed by atoms with Crippen molar-refractivity contribution in [2.45, 2.75) is 79.1 Å². The van der Waals surface area contributed by atoms with Crippen molar-refractivity contribution < 1.29 is 19.5 Å². The number of carbonyl (C=O) groups is 1. The fourth-order valence-electron chi connectivity index (χ4n) is 4.17. The van der Waals surface area contributed by atoms with Gasteiger partial charge in [-0.2, -0.15) is 0 Å². The Kier molecular flexibility index (Phi) is 21.8. The summed E-state index contributed by atoms with van der Waals surface area (Å²) < 4.78 is 1.26. The van der Waals surface area contributed by atoms with E-state index < -0.39 is 0 Å². The molecule has 178 valence electrons. The molecule has 30 heavy (non-hydrogen) atoms. The second-order valence-corrected chi connectivity index (χ2v) is 7.79. The molecule has 0 bridgehead atoms. The first-order chi connectivity index (χ1) is 14.7. The van der Waals surface area contributed by atoms with Gasteiger partial charge in [-0.15, -0.1) is 0 Å². The first kappa shape index (κ1) is 31.0. The monoisotopic (exact) mass is 427 g/mol. The molecular formula is C25H51N2O3+. The molecule has 0 radical (unpaired) electrons. The molecule has 5 nitrogen and oxygen atoms in total. The highest BCUT2D eigenvalue weighted by molar-refractivity contribution is 5.78. The van der Waals surface area contributed by atoms with Crippen LogP contribution >= 0.6 is 0 Å². The van der Waals surface area contributed by atoms with Crippen molar-refractivity contribution in [2.24, 2.45) is 5.92 Å². The maximum Gasteiger partial charge on any atom is 0.223 e. The van der Waals surface area contributed by atoms with Gasteiger partial charge in [0.2, 0.25) is 5.91 Å². The van der Waals surface area contributed by atoms with Gasteiger partial charge in [0.05, 0.1) is 26.2 Å². The maximum atomic E-state index is 12.4. The summed E-state index contributed by atoms with van der Waals surface area (Å²) in [4.78, 5) is 12.4. The second-order valence-electron chi connectivity index (χ2n) is 7.79. The van der Waals surface area contributed by atoms with Crippen LogP contribution in [0.15, 0.2) is 23.8 Å². The fraction of sp³-hybridized carbons (Fsp3) is 0.800. The summed E-state index contributed by atoms with van der Waals surface area (Å²) in [6.07, 6.45) is 16.4. The number of hydrogen-bond acceptors (Lipinski definition) is 3. The van der Waals surface area contributed by atoms with Crippen molar-refractivity contribution in [1.29, 1.82) is 0 Å². The minimum Gasteiger partial charge on any atom is -0.400 e. The van der Waals surface area contributed by atoms with Gasteiger partial charge in [0, 0.05) is 33.1 Å². The number of hydrogen-bond donors (Lipinski definition) is 3. The molecule has 2 rings (SSSR count). The molecule has 1 atom stereocenters. The van der Waals surface area contributed by atoms with Crippen LogP contribution < -0.4 is 5.32 Å². The lowest BCUT2D eigenvalue weighted by molar-refractivity contribution is -0.932. The Morgan fingerprint density at radius 3 is 2.23 bits per heavy atom. The Balaban J connectivity index is 0. The average Bonchev–Trinajstić information content (AvgIpc) is 2.83. The number of nitrogens with zero attached hydrogens (tertiary/aromatic N) is 1. The van der Waals surface area contributed by atoms with E-state index in [1.165, 1.54) is 61.9 Å². The lowest BCUT2D eigenvalue weighted by Gasteiger charge is -2.42. The van der Waals surface area contributed by atoms with Crippen molar-refractivity contribution in [3.8, 4) is 0 Å². The summed E-state index contributed by atoms with van der Waals surface area (Å²) in [5, 5.41) is 17.1. The van der Waals surface area contributed by atoms with Gasteiger partial charge >= 0.3 is 0 Å². The van der Waals surface area contributed by atoms with E-state index in [-0.39, 0.29) is 11.8 Å². The Morgan fingerprint density at radius 1 is 1.07 bits per heavy atom. The van der Waals surface area contributed by atoms with Crippen LogP contribution in [0, 0.1) is 5.92 Å². The van der Waals surface area contributed by atoms with E-state index in [4.69, 9.17) is 10.2 Å². The van der Waals surface area contributed by atoms with Gasteiger partial charge < -0.3 is 20.0 Å². The van der Waals surface area contributed by atoms with Crippen molar-refractivity contribution in [3.63, 3.8) is 0 Å². The smallest absolute Gasteiger partial charge is 0.223 e. The standard InChI is InChI=1S/C21H36N2O.C2H6.2CH4O/c1-3-15-23(16-8-5-9-17-23)18-13-19(2)21(24)22-14-12-20-10-6-4-7-11-20;3*1-2/h6,10-11,19H,3-5,7-9,12-18H2,1-2H3;1-2H3;2*2H,1H3/p+1/t19-;;;/m1.../s1. The van der Waals surface area contributed by atoms with Crippen LogP contribution in [0.25, 0.3) is 0 Å². The van der Waals surface area contributed by atoms with Crippen LogP contribution in [0.2, 0.25) is 0 Å². The quantitative estimate of drug-likeness (QED) is 0.476. The zero-order valence-corrected chi connectivity index (χ0v) is 20.8. The largest absolute Gasteiger partial charge is 0.400 e. The average molecular weight is 428 g/mol. The van der Waals surface area contributed by atoms with Crippen molar-refractivity contribution in [3.05, 3.63) is 23.8 Å². The SMILES string of the molecule is CC.CCC[N+]1(CC[C@@H](C)C(=O)NCCC2=CCCC=C2)CCCCC1.CO.CO. The van der Waals surface area contributed by atoms with Crippen LogP contribution in [0.5, 0.6) is 0 Å². The lowest BCUT2D eigenvalue weighted by atomic mass is 10.0. The fourth-order valence-corrected chi connectivity index (χ4v) is 4.17. The number of carbonyl (C=O) groups excluding carboxylic acids is 1. The highest BCUT2D eigenvalue weighted by Crippen LogP contribution is 2.22. The Bertz CT molecular complexity index is 450. The number of piperidine rings is 1. The molecule has 1 fully saturated rings. The van der Waals surface area contributed by atoms with E-state index in [9.17, 15) is 4.79 Å². The van der Waals surface area contributed by atoms with Crippen LogP contribution in [0.1, 0.15) is 79.1 Å². The number of aliphatic hydroxyl groups excluding tert-OH is 2. The number of rotatable bonds is 9. The highest BCUT2D eigenvalue weighted by atomic mass is 16.2. The van der Waals surface area contributed by atoms with Crippen LogP contribution in [-0.2, 0) is 4.79 Å². The zero-order valence-electron chi connectivity index (χ0n) is 20.8. The Hall–Kier alpha value is -1.17. The van der Waals surface area contributed by atoms with Gasteiger partial charge in [-0.25, -0.2) is 0 Å². The minimum absolute atomic E-state index is 0.134. The Labute approximate surface area is 186 Å². The normalized spacial score (nSPS) is 17.5. The summed E-state index contributed by atoms with van der Waals surface area (Å²) in [6.45, 7) is 14.3. The number of likely N-dealkylation sites (tertiary alicyclic amines) is 1. The maximum absolute atomic E-state index is 12.4. The number of amides is 1. The van der Waals surface area contributed by atoms with E-state index in [0.717, 1.165) is 46.4 Å². The third-order valence-electron chi connectivity index (χ3n) is 5.73. The van der Waals surface area contributed by atoms with Crippen LogP contribution in [-0.4, -0.2) is 67.5 Å². The van der Waals surface area contributed by atoms with Crippen molar-refractivity contribution in [1.82, 2.24) is 5.32 Å². The molecule has 0 spiro atoms. The molecular weight excluding hydrogens is 376 g/mol. The molecule has 0 aromatic rings. The van der Waals surface area contributed by atoms with E-state index >= 15 is 0 Å². The lowest BCUT2D eigenvalue weighted by Crippen LogP contribution is -2.53. The molecule has 5 heteroatoms. The van der Waals surface area contributed by atoms with Crippen molar-refractivity contribution >= 4 is 5.91 Å². The van der Waals surface area contributed by atoms with Gasteiger partial charge in [-0.1, -0.05) is 51.5 Å². The second kappa shape index (κ2) is 21.1. The molecule has 1 heterocycles. The highest BCUT2D eigenvalue weighted by Gasteiger charge is 2.29. The van der Waals surface area contributed by atoms with Gasteiger partial charge in [-0.3, -0.25) is 4.79 Å². The van der Waals surface area contributed by atoms with Crippen molar-refractivity contribution in [2.75, 3.05) is 46.9 Å². The summed E-state index contributed by atoms with van der Waals surface area (Å²) >= 11 is 0. The zero-order chi connectivity index (χ0) is 23.3. The molecule has 2 aliphatic rings. The summed E-state index contributed by atoms with van der Waals surface area (Å²) in [7, 11) is 2.00. The molecule has 0 aromatic carbocycles. The third kappa shape index (κ3) is 13.2. The van der Waals surface area contributed by atoms with Gasteiger partial charge in [0.15, 0.2) is 0 Å². The molecule has 1 aliphatic carbocycles. The first-order valence-corrected chi connectivity index (χ1v) is 12.0. The summed E-state index contributed by atoms with van der Waals surface area (Å²) in [5.41, 5.74) is 1.37. The first-order valence-electron chi connectivity index (χ1n) is 12.0. The van der Waals surface area contributed by atoms with Gasteiger partial charge in [0.1, 0.15) is 0 Å². The van der Waals surface area contributed by atoms with Gasteiger partial charge in [0.25, 0.3) is 0 Å². The van der Waals surface area contributed by atoms with E-state index in [1.807, 2.05) is 13.8 Å². The molecule has 0 aromatic heterocycles. The molecule has 0 saturated carbocycles. The summed E-state index contributed by atoms with van der Waals surface area (Å²) in [6, 6.07) is 0. The number of quaternary nitrogens is 1. The van der Waals surface area contributed by atoms with E-state index in [0.29, 0.717) is 0 Å². The number of nitrogens with one attached hydrogen (secondary N) is 1.